The Morgan fingerprint density at radius 1 is 1.24 bits per heavy atom. The van der Waals surface area contributed by atoms with Crippen LogP contribution in [0.5, 0.6) is 0 Å². The molecular weight excluding hydrogens is 223 g/mol. The van der Waals surface area contributed by atoms with E-state index >= 15 is 0 Å². The molecular formula is C16H27P. The molecule has 0 aliphatic carbocycles. The molecule has 17 heavy (non-hydrogen) atoms. The monoisotopic (exact) mass is 250 g/mol. The summed E-state index contributed by atoms with van der Waals surface area (Å²) in [5.74, 6) is 2.43. The minimum atomic E-state index is -0.0136. The molecule has 0 N–H and O–H groups in total. The third-order valence-corrected chi connectivity index (χ3v) is 5.42. The van der Waals surface area contributed by atoms with Crippen LogP contribution in [0.15, 0.2) is 47.3 Å². The molecule has 0 aliphatic rings. The highest BCUT2D eigenvalue weighted by Crippen LogP contribution is 2.41. The van der Waals surface area contributed by atoms with Crippen molar-refractivity contribution in [3.63, 3.8) is 0 Å². The van der Waals surface area contributed by atoms with Gasteiger partial charge in [0.2, 0.25) is 0 Å². The summed E-state index contributed by atoms with van der Waals surface area (Å²) in [7, 11) is -0.0136. The van der Waals surface area contributed by atoms with Crippen molar-refractivity contribution in [1.82, 2.24) is 0 Å². The quantitative estimate of drug-likeness (QED) is 0.391. The van der Waals surface area contributed by atoms with E-state index in [-0.39, 0.29) is 7.92 Å². The molecule has 0 saturated heterocycles. The van der Waals surface area contributed by atoms with Crippen molar-refractivity contribution in [1.29, 1.82) is 0 Å². The first-order valence-corrected chi connectivity index (χ1v) is 8.17. The molecule has 96 valence electrons. The van der Waals surface area contributed by atoms with Crippen molar-refractivity contribution >= 4 is 7.92 Å². The zero-order chi connectivity index (χ0) is 13.3. The fraction of sp³-hybridized carbons (Fsp3) is 0.500. The van der Waals surface area contributed by atoms with E-state index in [4.69, 9.17) is 0 Å². The Kier molecular flexibility index (Phi) is 9.09. The molecule has 1 atom stereocenters. The van der Waals surface area contributed by atoms with E-state index in [1.165, 1.54) is 35.5 Å². The van der Waals surface area contributed by atoms with Crippen LogP contribution in [0.4, 0.5) is 0 Å². The Balaban J connectivity index is 4.76. The fourth-order valence-electron chi connectivity index (χ4n) is 1.64. The SMILES string of the molecule is C=C/C(C)=C\P(CCC)C/C(C)=C(C)/C=C\C. The highest BCUT2D eigenvalue weighted by molar-refractivity contribution is 7.61. The summed E-state index contributed by atoms with van der Waals surface area (Å²) in [4.78, 5) is 0. The molecule has 0 spiro atoms. The summed E-state index contributed by atoms with van der Waals surface area (Å²) in [6, 6.07) is 0. The second-order valence-corrected chi connectivity index (χ2v) is 6.71. The van der Waals surface area contributed by atoms with Crippen molar-refractivity contribution in [3.05, 3.63) is 47.3 Å². The third-order valence-electron chi connectivity index (χ3n) is 2.75. The number of hydrogen-bond acceptors (Lipinski definition) is 0. The Morgan fingerprint density at radius 3 is 2.35 bits per heavy atom. The minimum Gasteiger partial charge on any atom is -0.0988 e. The first-order chi connectivity index (χ1) is 8.04. The van der Waals surface area contributed by atoms with Gasteiger partial charge in [0.25, 0.3) is 0 Å². The molecule has 0 nitrogen and oxygen atoms in total. The van der Waals surface area contributed by atoms with Gasteiger partial charge in [0.15, 0.2) is 0 Å². The van der Waals surface area contributed by atoms with Gasteiger partial charge in [0.05, 0.1) is 0 Å². The van der Waals surface area contributed by atoms with E-state index in [0.717, 1.165) is 0 Å². The molecule has 0 aromatic heterocycles. The van der Waals surface area contributed by atoms with Crippen molar-refractivity contribution in [2.45, 2.75) is 41.0 Å². The van der Waals surface area contributed by atoms with E-state index in [9.17, 15) is 0 Å². The summed E-state index contributed by atoms with van der Waals surface area (Å²) in [6.07, 6.45) is 10.1. The lowest BCUT2D eigenvalue weighted by molar-refractivity contribution is 1.09. The molecule has 0 aromatic carbocycles. The zero-order valence-electron chi connectivity index (χ0n) is 12.1. The van der Waals surface area contributed by atoms with Crippen molar-refractivity contribution in [2.24, 2.45) is 0 Å². The highest BCUT2D eigenvalue weighted by atomic mass is 31.1. The van der Waals surface area contributed by atoms with Crippen LogP contribution < -0.4 is 0 Å². The number of allylic oxidation sites excluding steroid dienone is 6. The second-order valence-electron chi connectivity index (χ2n) is 4.51. The Morgan fingerprint density at radius 2 is 1.88 bits per heavy atom. The van der Waals surface area contributed by atoms with Crippen molar-refractivity contribution in [3.8, 4) is 0 Å². The van der Waals surface area contributed by atoms with Crippen LogP contribution in [0.2, 0.25) is 0 Å². The van der Waals surface area contributed by atoms with Gasteiger partial charge < -0.3 is 0 Å². The molecule has 0 heterocycles. The first kappa shape index (κ1) is 16.4. The van der Waals surface area contributed by atoms with Gasteiger partial charge in [-0.3, -0.25) is 0 Å². The van der Waals surface area contributed by atoms with Crippen LogP contribution in [0.25, 0.3) is 0 Å². The van der Waals surface area contributed by atoms with Crippen molar-refractivity contribution < 1.29 is 0 Å². The molecule has 0 aromatic rings. The Bertz CT molecular complexity index is 318. The predicted octanol–water partition coefficient (Wildman–Crippen LogP) is 5.88. The van der Waals surface area contributed by atoms with Gasteiger partial charge in [0, 0.05) is 0 Å². The summed E-state index contributed by atoms with van der Waals surface area (Å²) < 4.78 is 0. The predicted molar refractivity (Wildman–Crippen MR) is 84.1 cm³/mol. The van der Waals surface area contributed by atoms with Crippen LogP contribution in [0.1, 0.15) is 41.0 Å². The average Bonchev–Trinajstić information content (AvgIpc) is 2.29. The molecule has 1 heteroatoms. The van der Waals surface area contributed by atoms with E-state index in [0.29, 0.717) is 0 Å². The molecule has 0 radical (unpaired) electrons. The average molecular weight is 250 g/mol. The highest BCUT2D eigenvalue weighted by Gasteiger charge is 2.06. The third kappa shape index (κ3) is 7.34. The van der Waals surface area contributed by atoms with Crippen LogP contribution in [-0.4, -0.2) is 12.3 Å². The van der Waals surface area contributed by atoms with E-state index in [1.54, 1.807) is 0 Å². The lowest BCUT2D eigenvalue weighted by atomic mass is 10.2. The van der Waals surface area contributed by atoms with E-state index < -0.39 is 0 Å². The minimum absolute atomic E-state index is 0.0136. The largest absolute Gasteiger partial charge is 0.0988 e. The maximum atomic E-state index is 3.84. The summed E-state index contributed by atoms with van der Waals surface area (Å²) in [5, 5.41) is 0. The van der Waals surface area contributed by atoms with E-state index in [1.807, 2.05) is 6.08 Å². The fourth-order valence-corrected chi connectivity index (χ4v) is 4.13. The molecule has 0 saturated carbocycles. The van der Waals surface area contributed by atoms with Crippen LogP contribution in [0, 0.1) is 0 Å². The zero-order valence-corrected chi connectivity index (χ0v) is 13.0. The maximum absolute atomic E-state index is 3.84. The van der Waals surface area contributed by atoms with Gasteiger partial charge in [-0.15, -0.1) is 0 Å². The second kappa shape index (κ2) is 9.42. The summed E-state index contributed by atoms with van der Waals surface area (Å²) in [6.45, 7) is 14.8. The summed E-state index contributed by atoms with van der Waals surface area (Å²) >= 11 is 0. The summed E-state index contributed by atoms with van der Waals surface area (Å²) in [5.41, 5.74) is 4.26. The maximum Gasteiger partial charge on any atom is -0.00767 e. The first-order valence-electron chi connectivity index (χ1n) is 6.39. The van der Waals surface area contributed by atoms with Gasteiger partial charge in [-0.1, -0.05) is 68.6 Å². The molecule has 1 unspecified atom stereocenters. The van der Waals surface area contributed by atoms with Crippen LogP contribution >= 0.6 is 7.92 Å². The van der Waals surface area contributed by atoms with Gasteiger partial charge in [-0.25, -0.2) is 0 Å². The van der Waals surface area contributed by atoms with Gasteiger partial charge in [-0.05, 0) is 40.0 Å². The molecule has 0 amide bonds. The molecule has 0 rings (SSSR count). The topological polar surface area (TPSA) is 0 Å². The number of rotatable bonds is 7. The van der Waals surface area contributed by atoms with Crippen molar-refractivity contribution in [2.75, 3.05) is 12.3 Å². The smallest absolute Gasteiger partial charge is 0.00767 e. The number of hydrogen-bond donors (Lipinski definition) is 0. The Labute approximate surface area is 109 Å². The van der Waals surface area contributed by atoms with Crippen LogP contribution in [-0.2, 0) is 0 Å². The normalized spacial score (nSPS) is 15.9. The van der Waals surface area contributed by atoms with Crippen LogP contribution in [0.3, 0.4) is 0 Å². The molecule has 0 fully saturated rings. The molecule has 0 aliphatic heterocycles. The van der Waals surface area contributed by atoms with Gasteiger partial charge in [0.1, 0.15) is 0 Å². The Hall–Kier alpha value is -0.610. The standard InChI is InChI=1S/C16H27P/c1-7-10-15(5)16(6)13-17(11-8-2)12-14(4)9-3/h7,9-10,12H,3,8,11,13H2,1-2,4-6H3/b10-7-,14-12-,16-15+. The van der Waals surface area contributed by atoms with Gasteiger partial charge in [-0.2, -0.15) is 0 Å². The lowest BCUT2D eigenvalue weighted by Gasteiger charge is -2.15. The van der Waals surface area contributed by atoms with E-state index in [2.05, 4.69) is 59.2 Å². The van der Waals surface area contributed by atoms with Gasteiger partial charge >= 0.3 is 0 Å². The lowest BCUT2D eigenvalue weighted by Crippen LogP contribution is -1.92. The molecule has 0 bridgehead atoms.